The van der Waals surface area contributed by atoms with Crippen molar-refractivity contribution in [2.75, 3.05) is 5.75 Å². The van der Waals surface area contributed by atoms with Gasteiger partial charge in [0.15, 0.2) is 5.16 Å². The Hall–Kier alpha value is -3.52. The second kappa shape index (κ2) is 8.31. The lowest BCUT2D eigenvalue weighted by atomic mass is 10.1. The predicted molar refractivity (Wildman–Crippen MR) is 118 cm³/mol. The van der Waals surface area contributed by atoms with E-state index < -0.39 is 0 Å². The van der Waals surface area contributed by atoms with Crippen LogP contribution in [0.3, 0.4) is 0 Å². The number of hydrazone groups is 1. The van der Waals surface area contributed by atoms with Crippen LogP contribution in [0, 0.1) is 0 Å². The largest absolute Gasteiger partial charge is 0.467 e. The van der Waals surface area contributed by atoms with Gasteiger partial charge in [-0.2, -0.15) is 5.10 Å². The fraction of sp³-hybridized carbons (Fsp3) is 0.174. The lowest BCUT2D eigenvalue weighted by Gasteiger charge is -2.19. The fourth-order valence-corrected chi connectivity index (χ4v) is 4.43. The Morgan fingerprint density at radius 2 is 1.90 bits per heavy atom. The van der Waals surface area contributed by atoms with E-state index in [1.165, 1.54) is 16.8 Å². The molecule has 4 aromatic rings. The van der Waals surface area contributed by atoms with Crippen LogP contribution in [0.2, 0.25) is 0 Å². The topological polar surface area (TPSA) is 76.8 Å². The maximum Gasteiger partial charge on any atom is 0.253 e. The average molecular weight is 433 g/mol. The second-order valence-electron chi connectivity index (χ2n) is 7.14. The molecule has 4 heterocycles. The standard InChI is InChI=1S/C23H20N4O3S/c1-26-19(16-7-3-2-4-8-16)14-24-23(26)31-15-22(28)27-18(21-10-6-12-30-21)13-17(25-27)20-9-5-11-29-20/h2-12,14,18H,13,15H2,1H3/t18-/m1/s1. The molecule has 3 aromatic heterocycles. The van der Waals surface area contributed by atoms with Crippen LogP contribution in [0.4, 0.5) is 0 Å². The Morgan fingerprint density at radius 3 is 2.65 bits per heavy atom. The van der Waals surface area contributed by atoms with Crippen LogP contribution in [0.1, 0.15) is 24.0 Å². The summed E-state index contributed by atoms with van der Waals surface area (Å²) in [7, 11) is 1.96. The molecule has 1 aliphatic heterocycles. The van der Waals surface area contributed by atoms with Gasteiger partial charge < -0.3 is 13.4 Å². The summed E-state index contributed by atoms with van der Waals surface area (Å²) in [6, 6.07) is 17.1. The zero-order chi connectivity index (χ0) is 21.2. The van der Waals surface area contributed by atoms with Crippen molar-refractivity contribution in [2.24, 2.45) is 12.1 Å². The molecule has 1 atom stereocenters. The number of carbonyl (C=O) groups is 1. The molecule has 1 amide bonds. The first kappa shape index (κ1) is 19.4. The molecular weight excluding hydrogens is 412 g/mol. The summed E-state index contributed by atoms with van der Waals surface area (Å²) in [6.07, 6.45) is 5.58. The molecule has 8 heteroatoms. The van der Waals surface area contributed by atoms with Gasteiger partial charge in [-0.3, -0.25) is 4.79 Å². The van der Waals surface area contributed by atoms with Crippen molar-refractivity contribution in [1.82, 2.24) is 14.6 Å². The van der Waals surface area contributed by atoms with Gasteiger partial charge in [-0.05, 0) is 29.8 Å². The number of amides is 1. The van der Waals surface area contributed by atoms with Crippen LogP contribution >= 0.6 is 11.8 Å². The molecule has 0 aliphatic carbocycles. The maximum atomic E-state index is 13.1. The highest BCUT2D eigenvalue weighted by molar-refractivity contribution is 7.99. The molecule has 31 heavy (non-hydrogen) atoms. The third-order valence-corrected chi connectivity index (χ3v) is 6.21. The Bertz CT molecular complexity index is 1200. The van der Waals surface area contributed by atoms with Gasteiger partial charge >= 0.3 is 0 Å². The van der Waals surface area contributed by atoms with Gasteiger partial charge in [0, 0.05) is 13.5 Å². The van der Waals surface area contributed by atoms with Crippen molar-refractivity contribution >= 4 is 23.4 Å². The molecule has 1 aromatic carbocycles. The highest BCUT2D eigenvalue weighted by Crippen LogP contribution is 2.34. The third kappa shape index (κ3) is 3.82. The highest BCUT2D eigenvalue weighted by Gasteiger charge is 2.35. The van der Waals surface area contributed by atoms with E-state index in [-0.39, 0.29) is 17.7 Å². The molecule has 0 bridgehead atoms. The fourth-order valence-electron chi connectivity index (χ4n) is 3.63. The Labute approximate surface area is 183 Å². The number of hydrogen-bond acceptors (Lipinski definition) is 6. The average Bonchev–Trinajstić information content (AvgIpc) is 3.59. The highest BCUT2D eigenvalue weighted by atomic mass is 32.2. The first-order chi connectivity index (χ1) is 15.2. The van der Waals surface area contributed by atoms with Crippen molar-refractivity contribution in [3.05, 3.63) is 84.8 Å². The number of thioether (sulfide) groups is 1. The van der Waals surface area contributed by atoms with Gasteiger partial charge in [0.1, 0.15) is 23.3 Å². The molecule has 0 fully saturated rings. The summed E-state index contributed by atoms with van der Waals surface area (Å²) in [5.74, 6) is 1.46. The number of rotatable bonds is 6. The zero-order valence-electron chi connectivity index (χ0n) is 16.8. The van der Waals surface area contributed by atoms with Gasteiger partial charge in [-0.25, -0.2) is 9.99 Å². The molecule has 0 N–H and O–H groups in total. The lowest BCUT2D eigenvalue weighted by molar-refractivity contribution is -0.130. The van der Waals surface area contributed by atoms with Crippen LogP contribution in [-0.4, -0.2) is 31.9 Å². The molecule has 0 unspecified atom stereocenters. The molecule has 5 rings (SSSR count). The Balaban J connectivity index is 1.34. The van der Waals surface area contributed by atoms with Crippen molar-refractivity contribution < 1.29 is 13.6 Å². The van der Waals surface area contributed by atoms with E-state index >= 15 is 0 Å². The van der Waals surface area contributed by atoms with E-state index in [0.717, 1.165) is 22.1 Å². The summed E-state index contributed by atoms with van der Waals surface area (Å²) in [5, 5.41) is 6.84. The van der Waals surface area contributed by atoms with Crippen molar-refractivity contribution in [3.63, 3.8) is 0 Å². The van der Waals surface area contributed by atoms with Crippen LogP contribution in [0.15, 0.2) is 92.4 Å². The van der Waals surface area contributed by atoms with Gasteiger partial charge in [0.05, 0.1) is 30.2 Å². The third-order valence-electron chi connectivity index (χ3n) is 5.18. The zero-order valence-corrected chi connectivity index (χ0v) is 17.7. The van der Waals surface area contributed by atoms with Gasteiger partial charge in [-0.15, -0.1) is 0 Å². The predicted octanol–water partition coefficient (Wildman–Crippen LogP) is 4.74. The molecule has 1 aliphatic rings. The molecular formula is C23H20N4O3S. The number of carbonyl (C=O) groups excluding carboxylic acids is 1. The van der Waals surface area contributed by atoms with Crippen LogP contribution in [0.5, 0.6) is 0 Å². The summed E-state index contributed by atoms with van der Waals surface area (Å²) >= 11 is 1.39. The molecule has 0 spiro atoms. The summed E-state index contributed by atoms with van der Waals surface area (Å²) in [5.41, 5.74) is 2.82. The van der Waals surface area contributed by atoms with E-state index in [1.54, 1.807) is 12.5 Å². The van der Waals surface area contributed by atoms with Crippen molar-refractivity contribution in [1.29, 1.82) is 0 Å². The van der Waals surface area contributed by atoms with Crippen LogP contribution in [0.25, 0.3) is 11.3 Å². The number of imidazole rings is 1. The molecule has 0 saturated heterocycles. The van der Waals surface area contributed by atoms with E-state index in [9.17, 15) is 4.79 Å². The SMILES string of the molecule is Cn1c(-c2ccccc2)cnc1SCC(=O)N1N=C(c2ccco2)C[C@@H]1c1ccco1. The molecule has 7 nitrogen and oxygen atoms in total. The quantitative estimate of drug-likeness (QED) is 0.411. The first-order valence-electron chi connectivity index (χ1n) is 9.87. The monoisotopic (exact) mass is 432 g/mol. The number of aromatic nitrogens is 2. The Kier molecular flexibility index (Phi) is 5.21. The van der Waals surface area contributed by atoms with Gasteiger partial charge in [0.25, 0.3) is 5.91 Å². The normalized spacial score (nSPS) is 16.0. The summed E-state index contributed by atoms with van der Waals surface area (Å²) < 4.78 is 13.1. The minimum absolute atomic E-state index is 0.114. The second-order valence-corrected chi connectivity index (χ2v) is 8.08. The first-order valence-corrected chi connectivity index (χ1v) is 10.9. The van der Waals surface area contributed by atoms with E-state index in [0.29, 0.717) is 17.9 Å². The minimum atomic E-state index is -0.288. The van der Waals surface area contributed by atoms with Crippen molar-refractivity contribution in [2.45, 2.75) is 17.6 Å². The lowest BCUT2D eigenvalue weighted by Crippen LogP contribution is -2.28. The smallest absolute Gasteiger partial charge is 0.253 e. The van der Waals surface area contributed by atoms with E-state index in [4.69, 9.17) is 8.83 Å². The maximum absolute atomic E-state index is 13.1. The van der Waals surface area contributed by atoms with Crippen LogP contribution < -0.4 is 0 Å². The molecule has 156 valence electrons. The number of nitrogens with zero attached hydrogens (tertiary/aromatic N) is 4. The molecule has 0 radical (unpaired) electrons. The van der Waals surface area contributed by atoms with E-state index in [2.05, 4.69) is 10.1 Å². The van der Waals surface area contributed by atoms with Crippen molar-refractivity contribution in [3.8, 4) is 11.3 Å². The van der Waals surface area contributed by atoms with E-state index in [1.807, 2.05) is 72.4 Å². The van der Waals surface area contributed by atoms with Gasteiger partial charge in [-0.1, -0.05) is 42.1 Å². The minimum Gasteiger partial charge on any atom is -0.467 e. The summed E-state index contributed by atoms with van der Waals surface area (Å²) in [6.45, 7) is 0. The van der Waals surface area contributed by atoms with Gasteiger partial charge in [0.2, 0.25) is 0 Å². The molecule has 0 saturated carbocycles. The summed E-state index contributed by atoms with van der Waals surface area (Å²) in [4.78, 5) is 17.6. The number of furan rings is 2. The number of benzene rings is 1. The number of hydrogen-bond donors (Lipinski definition) is 0. The van der Waals surface area contributed by atoms with Crippen LogP contribution in [-0.2, 0) is 11.8 Å². The Morgan fingerprint density at radius 1 is 1.10 bits per heavy atom.